The van der Waals surface area contributed by atoms with E-state index in [9.17, 15) is 4.39 Å². The van der Waals surface area contributed by atoms with Crippen LogP contribution in [0.4, 0.5) is 10.3 Å². The number of benzene rings is 1. The molecule has 2 N–H and O–H groups in total. The van der Waals surface area contributed by atoms with Crippen LogP contribution in [0.3, 0.4) is 0 Å². The van der Waals surface area contributed by atoms with Crippen molar-refractivity contribution in [1.82, 2.24) is 24.7 Å². The highest BCUT2D eigenvalue weighted by atomic mass is 32.2. The minimum absolute atomic E-state index is 0.0874. The number of rotatable bonds is 3. The van der Waals surface area contributed by atoms with Gasteiger partial charge in [0, 0.05) is 17.3 Å². The molecule has 0 spiro atoms. The van der Waals surface area contributed by atoms with Gasteiger partial charge in [-0.15, -0.1) is 0 Å². The van der Waals surface area contributed by atoms with Crippen molar-refractivity contribution in [2.24, 2.45) is 0 Å². The Balaban J connectivity index is 1.94. The second-order valence-corrected chi connectivity index (χ2v) is 4.83. The first-order valence-electron chi connectivity index (χ1n) is 5.66. The van der Waals surface area contributed by atoms with E-state index in [0.717, 1.165) is 0 Å². The van der Waals surface area contributed by atoms with Gasteiger partial charge in [0.2, 0.25) is 5.95 Å². The standard InChI is InChI=1S/C12H9FN6S/c13-8-3-1-4-9(7-8)20-12-17-10(14)16-11(18-12)19-6-2-5-15-19/h1-7H,(H2,14,16,17,18). The number of hydrogen-bond donors (Lipinski definition) is 1. The van der Waals surface area contributed by atoms with Crippen LogP contribution >= 0.6 is 11.8 Å². The van der Waals surface area contributed by atoms with Crippen molar-refractivity contribution in [1.29, 1.82) is 0 Å². The lowest BCUT2D eigenvalue weighted by atomic mass is 10.4. The van der Waals surface area contributed by atoms with Crippen LogP contribution in [0.2, 0.25) is 0 Å². The molecular weight excluding hydrogens is 279 g/mol. The first-order valence-corrected chi connectivity index (χ1v) is 6.47. The van der Waals surface area contributed by atoms with Crippen LogP contribution in [-0.2, 0) is 0 Å². The minimum Gasteiger partial charge on any atom is -0.368 e. The van der Waals surface area contributed by atoms with Gasteiger partial charge in [-0.2, -0.15) is 20.1 Å². The molecule has 0 fully saturated rings. The van der Waals surface area contributed by atoms with E-state index in [0.29, 0.717) is 16.0 Å². The molecule has 100 valence electrons. The van der Waals surface area contributed by atoms with E-state index in [-0.39, 0.29) is 11.8 Å². The summed E-state index contributed by atoms with van der Waals surface area (Å²) in [4.78, 5) is 12.9. The summed E-state index contributed by atoms with van der Waals surface area (Å²) >= 11 is 1.20. The molecule has 0 radical (unpaired) electrons. The molecule has 20 heavy (non-hydrogen) atoms. The van der Waals surface area contributed by atoms with Crippen molar-refractivity contribution in [3.05, 3.63) is 48.5 Å². The van der Waals surface area contributed by atoms with Gasteiger partial charge in [0.25, 0.3) is 5.95 Å². The summed E-state index contributed by atoms with van der Waals surface area (Å²) in [6.45, 7) is 0. The van der Waals surface area contributed by atoms with Crippen molar-refractivity contribution in [3.8, 4) is 5.95 Å². The van der Waals surface area contributed by atoms with Crippen molar-refractivity contribution >= 4 is 17.7 Å². The van der Waals surface area contributed by atoms with Gasteiger partial charge in [-0.05, 0) is 36.0 Å². The van der Waals surface area contributed by atoms with E-state index in [4.69, 9.17) is 5.73 Å². The number of nitrogens with two attached hydrogens (primary N) is 1. The van der Waals surface area contributed by atoms with Gasteiger partial charge >= 0.3 is 0 Å². The summed E-state index contributed by atoms with van der Waals surface area (Å²) in [5.41, 5.74) is 5.66. The average Bonchev–Trinajstić information content (AvgIpc) is 2.91. The Morgan fingerprint density at radius 3 is 2.80 bits per heavy atom. The van der Waals surface area contributed by atoms with Gasteiger partial charge in [0.05, 0.1) is 0 Å². The summed E-state index contributed by atoms with van der Waals surface area (Å²) < 4.78 is 14.6. The lowest BCUT2D eigenvalue weighted by Gasteiger charge is -2.04. The van der Waals surface area contributed by atoms with E-state index >= 15 is 0 Å². The van der Waals surface area contributed by atoms with Crippen LogP contribution in [0.5, 0.6) is 0 Å². The molecule has 2 aromatic heterocycles. The zero-order valence-corrected chi connectivity index (χ0v) is 11.0. The Labute approximate surface area is 117 Å². The van der Waals surface area contributed by atoms with E-state index in [1.165, 1.54) is 28.6 Å². The Morgan fingerprint density at radius 1 is 1.15 bits per heavy atom. The lowest BCUT2D eigenvalue weighted by Crippen LogP contribution is -2.07. The third-order valence-electron chi connectivity index (χ3n) is 2.33. The number of nitrogens with zero attached hydrogens (tertiary/aromatic N) is 5. The maximum Gasteiger partial charge on any atom is 0.256 e. The third-order valence-corrected chi connectivity index (χ3v) is 3.19. The van der Waals surface area contributed by atoms with Crippen LogP contribution in [0.15, 0.2) is 52.8 Å². The molecule has 6 nitrogen and oxygen atoms in total. The van der Waals surface area contributed by atoms with Gasteiger partial charge < -0.3 is 5.73 Å². The Hall–Kier alpha value is -2.48. The highest BCUT2D eigenvalue weighted by molar-refractivity contribution is 7.99. The molecule has 0 amide bonds. The fourth-order valence-corrected chi connectivity index (χ4v) is 2.33. The largest absolute Gasteiger partial charge is 0.368 e. The predicted molar refractivity (Wildman–Crippen MR) is 71.9 cm³/mol. The molecule has 3 rings (SSSR count). The van der Waals surface area contributed by atoms with Crippen LogP contribution in [-0.4, -0.2) is 24.7 Å². The predicted octanol–water partition coefficient (Wildman–Crippen LogP) is 1.93. The zero-order chi connectivity index (χ0) is 13.9. The number of aromatic nitrogens is 5. The molecule has 0 aliphatic rings. The number of anilines is 1. The van der Waals surface area contributed by atoms with Crippen molar-refractivity contribution in [3.63, 3.8) is 0 Å². The highest BCUT2D eigenvalue weighted by Gasteiger charge is 2.08. The van der Waals surface area contributed by atoms with Crippen molar-refractivity contribution < 1.29 is 4.39 Å². The zero-order valence-electron chi connectivity index (χ0n) is 10.1. The lowest BCUT2D eigenvalue weighted by molar-refractivity contribution is 0.624. The highest BCUT2D eigenvalue weighted by Crippen LogP contribution is 2.25. The van der Waals surface area contributed by atoms with Gasteiger partial charge in [-0.1, -0.05) is 6.07 Å². The molecule has 0 aliphatic carbocycles. The minimum atomic E-state index is -0.315. The smallest absolute Gasteiger partial charge is 0.256 e. The molecule has 0 aliphatic heterocycles. The fourth-order valence-electron chi connectivity index (χ4n) is 1.53. The maximum absolute atomic E-state index is 13.1. The van der Waals surface area contributed by atoms with E-state index in [1.807, 2.05) is 0 Å². The van der Waals surface area contributed by atoms with E-state index in [2.05, 4.69) is 20.1 Å². The molecule has 2 heterocycles. The number of hydrogen-bond acceptors (Lipinski definition) is 6. The quantitative estimate of drug-likeness (QED) is 0.793. The SMILES string of the molecule is Nc1nc(Sc2cccc(F)c2)nc(-n2cccn2)n1. The first kappa shape index (κ1) is 12.5. The van der Waals surface area contributed by atoms with Gasteiger partial charge in [-0.3, -0.25) is 0 Å². The summed E-state index contributed by atoms with van der Waals surface area (Å²) in [5, 5.41) is 4.41. The average molecular weight is 288 g/mol. The molecule has 0 saturated heterocycles. The summed E-state index contributed by atoms with van der Waals surface area (Å²) in [7, 11) is 0. The summed E-state index contributed by atoms with van der Waals surface area (Å²) in [6.07, 6.45) is 3.31. The fraction of sp³-hybridized carbons (Fsp3) is 0. The number of nitrogen functional groups attached to an aromatic ring is 1. The second kappa shape index (κ2) is 5.25. The molecule has 0 saturated carbocycles. The first-order chi connectivity index (χ1) is 9.70. The summed E-state index contributed by atoms with van der Waals surface area (Å²) in [6, 6.07) is 7.91. The van der Waals surface area contributed by atoms with Crippen molar-refractivity contribution in [2.75, 3.05) is 5.73 Å². The third kappa shape index (κ3) is 2.75. The van der Waals surface area contributed by atoms with E-state index in [1.54, 1.807) is 30.6 Å². The molecule has 1 aromatic carbocycles. The van der Waals surface area contributed by atoms with Crippen molar-refractivity contribution in [2.45, 2.75) is 10.1 Å². The van der Waals surface area contributed by atoms with Gasteiger partial charge in [0.15, 0.2) is 5.16 Å². The van der Waals surface area contributed by atoms with E-state index < -0.39 is 0 Å². The van der Waals surface area contributed by atoms with Gasteiger partial charge in [0.1, 0.15) is 5.82 Å². The topological polar surface area (TPSA) is 82.5 Å². The molecular formula is C12H9FN6S. The molecule has 3 aromatic rings. The van der Waals surface area contributed by atoms with Crippen LogP contribution in [0, 0.1) is 5.82 Å². The molecule has 0 atom stereocenters. The second-order valence-electron chi connectivity index (χ2n) is 3.79. The normalized spacial score (nSPS) is 10.7. The Kier molecular flexibility index (Phi) is 3.30. The monoisotopic (exact) mass is 288 g/mol. The van der Waals surface area contributed by atoms with Crippen LogP contribution in [0.1, 0.15) is 0 Å². The Bertz CT molecular complexity index is 731. The maximum atomic E-state index is 13.1. The molecule has 0 bridgehead atoms. The number of halogens is 1. The van der Waals surface area contributed by atoms with Crippen LogP contribution < -0.4 is 5.73 Å². The Morgan fingerprint density at radius 2 is 2.05 bits per heavy atom. The molecule has 0 unspecified atom stereocenters. The summed E-state index contributed by atoms with van der Waals surface area (Å²) in [5.74, 6) is 0.0927. The van der Waals surface area contributed by atoms with Gasteiger partial charge in [-0.25, -0.2) is 9.07 Å². The van der Waals surface area contributed by atoms with Crippen LogP contribution in [0.25, 0.3) is 5.95 Å². The molecule has 8 heteroatoms.